The highest BCUT2D eigenvalue weighted by Gasteiger charge is 2.20. The summed E-state index contributed by atoms with van der Waals surface area (Å²) in [7, 11) is 0. The SMILES string of the molecule is CCCc1c(OCCCOc2ccc(CC(=O)O)cc2CC(C)C)ccc(C(=N)CC(C)(C)C)c1O. The van der Waals surface area contributed by atoms with Crippen LogP contribution in [0.15, 0.2) is 30.3 Å². The monoisotopic (exact) mass is 497 g/mol. The molecule has 0 aliphatic rings. The number of hydrogen-bond acceptors (Lipinski definition) is 5. The van der Waals surface area contributed by atoms with Crippen LogP contribution in [0, 0.1) is 16.7 Å². The van der Waals surface area contributed by atoms with Crippen molar-refractivity contribution in [2.75, 3.05) is 13.2 Å². The molecule has 2 aromatic carbocycles. The first-order chi connectivity index (χ1) is 16.9. The van der Waals surface area contributed by atoms with Gasteiger partial charge in [0.15, 0.2) is 0 Å². The van der Waals surface area contributed by atoms with E-state index < -0.39 is 5.97 Å². The second-order valence-corrected chi connectivity index (χ2v) is 11.1. The second kappa shape index (κ2) is 13.3. The van der Waals surface area contributed by atoms with Crippen LogP contribution in [0.1, 0.15) is 83.1 Å². The summed E-state index contributed by atoms with van der Waals surface area (Å²) in [5, 5.41) is 28.5. The van der Waals surface area contributed by atoms with Crippen molar-refractivity contribution in [3.05, 3.63) is 52.6 Å². The maximum absolute atomic E-state index is 11.1. The number of rotatable bonds is 14. The first-order valence-corrected chi connectivity index (χ1v) is 12.9. The van der Waals surface area contributed by atoms with Crippen LogP contribution in [-0.2, 0) is 24.1 Å². The van der Waals surface area contributed by atoms with Gasteiger partial charge in [-0.15, -0.1) is 0 Å². The van der Waals surface area contributed by atoms with E-state index in [1.54, 1.807) is 6.07 Å². The van der Waals surface area contributed by atoms with Crippen LogP contribution in [0.25, 0.3) is 0 Å². The van der Waals surface area contributed by atoms with E-state index in [2.05, 4.69) is 41.5 Å². The number of carboxylic acids is 1. The summed E-state index contributed by atoms with van der Waals surface area (Å²) in [6.45, 7) is 13.5. The standard InChI is InChI=1S/C30H43NO5/c1-7-9-24-27(13-11-23(29(24)34)25(31)19-30(4,5)6)36-15-8-14-35-26-12-10-21(18-28(32)33)17-22(26)16-20(2)3/h10-13,17,20,31,34H,7-9,14-16,18-19H2,1-6H3,(H,32,33). The van der Waals surface area contributed by atoms with E-state index in [0.717, 1.165) is 35.3 Å². The fraction of sp³-hybridized carbons (Fsp3) is 0.533. The summed E-state index contributed by atoms with van der Waals surface area (Å²) < 4.78 is 12.1. The van der Waals surface area contributed by atoms with Gasteiger partial charge in [-0.2, -0.15) is 0 Å². The van der Waals surface area contributed by atoms with Crippen molar-refractivity contribution in [2.24, 2.45) is 11.3 Å². The third-order valence-corrected chi connectivity index (χ3v) is 5.68. The number of hydrogen-bond donors (Lipinski definition) is 3. The lowest BCUT2D eigenvalue weighted by Gasteiger charge is -2.21. The zero-order chi connectivity index (χ0) is 26.9. The highest BCUT2D eigenvalue weighted by molar-refractivity contribution is 6.01. The molecular weight excluding hydrogens is 454 g/mol. The van der Waals surface area contributed by atoms with Crippen LogP contribution in [0.2, 0.25) is 0 Å². The molecule has 0 radical (unpaired) electrons. The number of carboxylic acid groups (broad SMARTS) is 1. The fourth-order valence-electron chi connectivity index (χ4n) is 4.19. The number of ether oxygens (including phenoxy) is 2. The van der Waals surface area contributed by atoms with Crippen LogP contribution in [0.3, 0.4) is 0 Å². The lowest BCUT2D eigenvalue weighted by molar-refractivity contribution is -0.136. The lowest BCUT2D eigenvalue weighted by Crippen LogP contribution is -2.14. The molecule has 2 rings (SSSR count). The summed E-state index contributed by atoms with van der Waals surface area (Å²) in [5.41, 5.74) is 3.53. The molecule has 0 atom stereocenters. The molecule has 0 spiro atoms. The first kappa shape index (κ1) is 29.2. The lowest BCUT2D eigenvalue weighted by atomic mass is 9.86. The molecule has 0 bridgehead atoms. The molecule has 3 N–H and O–H groups in total. The van der Waals surface area contributed by atoms with Gasteiger partial charge in [0.05, 0.1) is 19.6 Å². The molecule has 0 amide bonds. The van der Waals surface area contributed by atoms with Gasteiger partial charge in [-0.05, 0) is 59.9 Å². The highest BCUT2D eigenvalue weighted by Crippen LogP contribution is 2.35. The zero-order valence-electron chi connectivity index (χ0n) is 22.7. The van der Waals surface area contributed by atoms with E-state index in [-0.39, 0.29) is 17.6 Å². The van der Waals surface area contributed by atoms with E-state index in [1.165, 1.54) is 0 Å². The Labute approximate surface area is 216 Å². The Hall–Kier alpha value is -3.02. The largest absolute Gasteiger partial charge is 0.507 e. The fourth-order valence-corrected chi connectivity index (χ4v) is 4.19. The minimum Gasteiger partial charge on any atom is -0.507 e. The molecule has 6 nitrogen and oxygen atoms in total. The van der Waals surface area contributed by atoms with E-state index in [1.807, 2.05) is 24.3 Å². The van der Waals surface area contributed by atoms with Crippen molar-refractivity contribution in [2.45, 2.75) is 80.1 Å². The average molecular weight is 498 g/mol. The Bertz CT molecular complexity index is 1040. The number of aliphatic carboxylic acids is 1. The molecule has 0 fully saturated rings. The van der Waals surface area contributed by atoms with Gasteiger partial charge >= 0.3 is 5.97 Å². The van der Waals surface area contributed by atoms with Crippen LogP contribution in [0.4, 0.5) is 0 Å². The van der Waals surface area contributed by atoms with Crippen LogP contribution in [-0.4, -0.2) is 35.1 Å². The molecule has 0 aromatic heterocycles. The van der Waals surface area contributed by atoms with Crippen molar-refractivity contribution in [3.63, 3.8) is 0 Å². The quantitative estimate of drug-likeness (QED) is 0.196. The number of phenols is 1. The predicted molar refractivity (Wildman–Crippen MR) is 145 cm³/mol. The van der Waals surface area contributed by atoms with E-state index in [0.29, 0.717) is 55.4 Å². The van der Waals surface area contributed by atoms with Crippen molar-refractivity contribution in [3.8, 4) is 17.2 Å². The number of nitrogens with one attached hydrogen (secondary N) is 1. The summed E-state index contributed by atoms with van der Waals surface area (Å²) >= 11 is 0. The van der Waals surface area contributed by atoms with Crippen LogP contribution >= 0.6 is 0 Å². The third-order valence-electron chi connectivity index (χ3n) is 5.68. The Kier molecular flexibility index (Phi) is 10.8. The van der Waals surface area contributed by atoms with Gasteiger partial charge in [-0.3, -0.25) is 4.79 Å². The van der Waals surface area contributed by atoms with Gasteiger partial charge < -0.3 is 25.1 Å². The normalized spacial score (nSPS) is 11.5. The third kappa shape index (κ3) is 9.21. The molecule has 198 valence electrons. The molecular formula is C30H43NO5. The molecule has 0 unspecified atom stereocenters. The molecule has 0 saturated heterocycles. The molecule has 0 saturated carbocycles. The average Bonchev–Trinajstić information content (AvgIpc) is 2.75. The number of aromatic hydroxyl groups is 1. The number of benzene rings is 2. The van der Waals surface area contributed by atoms with Crippen LogP contribution in [0.5, 0.6) is 17.2 Å². The van der Waals surface area contributed by atoms with Crippen LogP contribution < -0.4 is 9.47 Å². The highest BCUT2D eigenvalue weighted by atomic mass is 16.5. The minimum atomic E-state index is -0.844. The summed E-state index contributed by atoms with van der Waals surface area (Å²) in [4.78, 5) is 11.1. The zero-order valence-corrected chi connectivity index (χ0v) is 22.7. The topological polar surface area (TPSA) is 99.8 Å². The van der Waals surface area contributed by atoms with Gasteiger partial charge in [-0.1, -0.05) is 60.1 Å². The molecule has 0 aliphatic carbocycles. The molecule has 2 aromatic rings. The predicted octanol–water partition coefficient (Wildman–Crippen LogP) is 6.82. The minimum absolute atomic E-state index is 0.000616. The first-order valence-electron chi connectivity index (χ1n) is 12.9. The Morgan fingerprint density at radius 1 is 1.06 bits per heavy atom. The molecule has 36 heavy (non-hydrogen) atoms. The van der Waals surface area contributed by atoms with E-state index in [4.69, 9.17) is 20.0 Å². The number of phenolic OH excluding ortho intramolecular Hbond substituents is 1. The van der Waals surface area contributed by atoms with Gasteiger partial charge in [-0.25, -0.2) is 0 Å². The summed E-state index contributed by atoms with van der Waals surface area (Å²) in [6, 6.07) is 9.24. The van der Waals surface area contributed by atoms with Gasteiger partial charge in [0.1, 0.15) is 17.2 Å². The Morgan fingerprint density at radius 2 is 1.69 bits per heavy atom. The van der Waals surface area contributed by atoms with Gasteiger partial charge in [0, 0.05) is 23.3 Å². The van der Waals surface area contributed by atoms with E-state index in [9.17, 15) is 9.90 Å². The number of carbonyl (C=O) groups is 1. The van der Waals surface area contributed by atoms with Gasteiger partial charge in [0.2, 0.25) is 0 Å². The maximum Gasteiger partial charge on any atom is 0.307 e. The second-order valence-electron chi connectivity index (χ2n) is 11.1. The van der Waals surface area contributed by atoms with E-state index >= 15 is 0 Å². The molecule has 0 heterocycles. The molecule has 0 aliphatic heterocycles. The summed E-state index contributed by atoms with van der Waals surface area (Å²) in [5.74, 6) is 1.17. The molecule has 6 heteroatoms. The van der Waals surface area contributed by atoms with Crippen molar-refractivity contribution < 1.29 is 24.5 Å². The maximum atomic E-state index is 11.1. The Balaban J connectivity index is 2.02. The van der Waals surface area contributed by atoms with Crippen molar-refractivity contribution in [1.29, 1.82) is 5.41 Å². The van der Waals surface area contributed by atoms with Crippen molar-refractivity contribution in [1.82, 2.24) is 0 Å². The Morgan fingerprint density at radius 3 is 2.28 bits per heavy atom. The summed E-state index contributed by atoms with van der Waals surface area (Å²) in [6.07, 6.45) is 3.59. The smallest absolute Gasteiger partial charge is 0.307 e. The van der Waals surface area contributed by atoms with Gasteiger partial charge in [0.25, 0.3) is 0 Å². The van der Waals surface area contributed by atoms with Crippen molar-refractivity contribution >= 4 is 11.7 Å².